The molecule has 0 unspecified atom stereocenters. The van der Waals surface area contributed by atoms with E-state index in [-0.39, 0.29) is 6.79 Å². The van der Waals surface area contributed by atoms with Gasteiger partial charge in [-0.25, -0.2) is 0 Å². The number of ether oxygens (including phenoxy) is 2. The lowest BCUT2D eigenvalue weighted by atomic mass is 10.1. The van der Waals surface area contributed by atoms with E-state index in [1.54, 1.807) is 6.20 Å². The normalized spacial score (nSPS) is 12.0. The van der Waals surface area contributed by atoms with Crippen molar-refractivity contribution in [3.8, 4) is 11.5 Å². The summed E-state index contributed by atoms with van der Waals surface area (Å²) >= 11 is 0. The summed E-state index contributed by atoms with van der Waals surface area (Å²) in [6, 6.07) is 14.2. The Hall–Kier alpha value is -3.35. The van der Waals surface area contributed by atoms with Gasteiger partial charge >= 0.3 is 0 Å². The van der Waals surface area contributed by atoms with Crippen molar-refractivity contribution in [2.45, 2.75) is 20.0 Å². The first-order chi connectivity index (χ1) is 12.8. The van der Waals surface area contributed by atoms with E-state index in [9.17, 15) is 0 Å². The highest BCUT2D eigenvalue weighted by Gasteiger charge is 2.13. The van der Waals surface area contributed by atoms with Crippen LogP contribution in [0.5, 0.6) is 11.5 Å². The Morgan fingerprint density at radius 1 is 0.923 bits per heavy atom. The maximum absolute atomic E-state index is 5.39. The van der Waals surface area contributed by atoms with Crippen LogP contribution in [0.2, 0.25) is 0 Å². The third-order valence-corrected chi connectivity index (χ3v) is 4.04. The van der Waals surface area contributed by atoms with Gasteiger partial charge in [0.15, 0.2) is 17.3 Å². The molecular formula is C19H19N5O2. The van der Waals surface area contributed by atoms with E-state index in [0.29, 0.717) is 24.9 Å². The molecule has 0 aliphatic carbocycles. The minimum Gasteiger partial charge on any atom is -0.454 e. The van der Waals surface area contributed by atoms with Crippen molar-refractivity contribution in [2.24, 2.45) is 0 Å². The number of nitrogens with zero attached hydrogens (tertiary/aromatic N) is 3. The summed E-state index contributed by atoms with van der Waals surface area (Å²) < 4.78 is 10.7. The van der Waals surface area contributed by atoms with Crippen LogP contribution < -0.4 is 20.1 Å². The molecule has 0 spiro atoms. The monoisotopic (exact) mass is 349 g/mol. The molecule has 26 heavy (non-hydrogen) atoms. The van der Waals surface area contributed by atoms with Crippen molar-refractivity contribution in [2.75, 3.05) is 17.4 Å². The van der Waals surface area contributed by atoms with E-state index in [1.165, 1.54) is 5.56 Å². The maximum Gasteiger partial charge on any atom is 0.244 e. The molecule has 0 saturated carbocycles. The van der Waals surface area contributed by atoms with Gasteiger partial charge in [0.25, 0.3) is 0 Å². The Morgan fingerprint density at radius 2 is 1.69 bits per heavy atom. The molecule has 4 rings (SSSR count). The summed E-state index contributed by atoms with van der Waals surface area (Å²) in [6.45, 7) is 3.60. The van der Waals surface area contributed by atoms with Gasteiger partial charge in [-0.3, -0.25) is 0 Å². The van der Waals surface area contributed by atoms with Crippen LogP contribution in [-0.2, 0) is 13.1 Å². The lowest BCUT2D eigenvalue weighted by Crippen LogP contribution is -2.08. The van der Waals surface area contributed by atoms with Gasteiger partial charge in [-0.2, -0.15) is 10.1 Å². The van der Waals surface area contributed by atoms with Gasteiger partial charge < -0.3 is 20.1 Å². The predicted molar refractivity (Wildman–Crippen MR) is 98.2 cm³/mol. The minimum atomic E-state index is 0.276. The number of anilines is 2. The van der Waals surface area contributed by atoms with Gasteiger partial charge in [0.2, 0.25) is 12.7 Å². The SMILES string of the molecule is Cc1ccc(CNc2nncc(NCc3ccc4c(c3)OCO4)n2)cc1. The molecule has 0 saturated heterocycles. The van der Waals surface area contributed by atoms with E-state index in [1.807, 2.05) is 18.2 Å². The molecule has 0 atom stereocenters. The number of hydrogen-bond donors (Lipinski definition) is 2. The van der Waals surface area contributed by atoms with Gasteiger partial charge in [-0.05, 0) is 30.2 Å². The van der Waals surface area contributed by atoms with E-state index in [2.05, 4.69) is 57.0 Å². The number of benzene rings is 2. The van der Waals surface area contributed by atoms with Crippen LogP contribution in [0.1, 0.15) is 16.7 Å². The van der Waals surface area contributed by atoms with Crippen molar-refractivity contribution in [3.05, 3.63) is 65.4 Å². The van der Waals surface area contributed by atoms with E-state index >= 15 is 0 Å². The third-order valence-electron chi connectivity index (χ3n) is 4.04. The molecule has 1 aliphatic rings. The Morgan fingerprint density at radius 3 is 2.58 bits per heavy atom. The lowest BCUT2D eigenvalue weighted by molar-refractivity contribution is 0.174. The van der Waals surface area contributed by atoms with Gasteiger partial charge in [0, 0.05) is 13.1 Å². The maximum atomic E-state index is 5.39. The lowest BCUT2D eigenvalue weighted by Gasteiger charge is -2.08. The molecule has 0 fully saturated rings. The van der Waals surface area contributed by atoms with Gasteiger partial charge in [-0.15, -0.1) is 5.10 Å². The van der Waals surface area contributed by atoms with Crippen LogP contribution in [0.4, 0.5) is 11.8 Å². The fourth-order valence-electron chi connectivity index (χ4n) is 2.59. The zero-order valence-corrected chi connectivity index (χ0v) is 14.4. The second-order valence-corrected chi connectivity index (χ2v) is 6.05. The average molecular weight is 349 g/mol. The molecule has 7 heteroatoms. The molecule has 1 aromatic heterocycles. The van der Waals surface area contributed by atoms with Crippen LogP contribution in [0.25, 0.3) is 0 Å². The summed E-state index contributed by atoms with van der Waals surface area (Å²) in [4.78, 5) is 4.44. The predicted octanol–water partition coefficient (Wildman–Crippen LogP) is 3.13. The molecule has 3 aromatic rings. The largest absolute Gasteiger partial charge is 0.454 e. The Balaban J connectivity index is 1.35. The minimum absolute atomic E-state index is 0.276. The first-order valence-corrected chi connectivity index (χ1v) is 8.38. The summed E-state index contributed by atoms with van der Waals surface area (Å²) in [6.07, 6.45) is 1.60. The van der Waals surface area contributed by atoms with Crippen LogP contribution in [0.15, 0.2) is 48.7 Å². The number of nitrogens with one attached hydrogen (secondary N) is 2. The highest BCUT2D eigenvalue weighted by molar-refractivity contribution is 5.46. The van der Waals surface area contributed by atoms with Crippen LogP contribution in [0, 0.1) is 6.92 Å². The Labute approximate surface area is 151 Å². The Kier molecular flexibility index (Phi) is 4.51. The molecule has 7 nitrogen and oxygen atoms in total. The summed E-state index contributed by atoms with van der Waals surface area (Å²) in [5.74, 6) is 2.69. The van der Waals surface area contributed by atoms with Crippen LogP contribution >= 0.6 is 0 Å². The first kappa shape index (κ1) is 16.1. The molecule has 2 aromatic carbocycles. The number of aromatic nitrogens is 3. The number of aryl methyl sites for hydroxylation is 1. The van der Waals surface area contributed by atoms with Crippen molar-refractivity contribution in [3.63, 3.8) is 0 Å². The second kappa shape index (κ2) is 7.26. The molecular weight excluding hydrogens is 330 g/mol. The molecule has 0 bridgehead atoms. The average Bonchev–Trinajstić information content (AvgIpc) is 3.14. The van der Waals surface area contributed by atoms with E-state index in [4.69, 9.17) is 9.47 Å². The fraction of sp³-hybridized carbons (Fsp3) is 0.211. The second-order valence-electron chi connectivity index (χ2n) is 6.05. The smallest absolute Gasteiger partial charge is 0.244 e. The first-order valence-electron chi connectivity index (χ1n) is 8.38. The molecule has 0 radical (unpaired) electrons. The highest BCUT2D eigenvalue weighted by Crippen LogP contribution is 2.32. The molecule has 2 heterocycles. The summed E-state index contributed by atoms with van der Waals surface area (Å²) in [7, 11) is 0. The van der Waals surface area contributed by atoms with Gasteiger partial charge in [0.05, 0.1) is 6.20 Å². The molecule has 0 amide bonds. The third kappa shape index (κ3) is 3.83. The van der Waals surface area contributed by atoms with Crippen molar-refractivity contribution >= 4 is 11.8 Å². The van der Waals surface area contributed by atoms with Crippen LogP contribution in [-0.4, -0.2) is 22.0 Å². The van der Waals surface area contributed by atoms with E-state index < -0.39 is 0 Å². The quantitative estimate of drug-likeness (QED) is 0.707. The Bertz CT molecular complexity index is 899. The zero-order valence-electron chi connectivity index (χ0n) is 14.4. The van der Waals surface area contributed by atoms with Gasteiger partial charge in [-0.1, -0.05) is 35.9 Å². The van der Waals surface area contributed by atoms with Crippen molar-refractivity contribution in [1.29, 1.82) is 0 Å². The van der Waals surface area contributed by atoms with Gasteiger partial charge in [0.1, 0.15) is 0 Å². The van der Waals surface area contributed by atoms with Crippen molar-refractivity contribution in [1.82, 2.24) is 15.2 Å². The summed E-state index contributed by atoms with van der Waals surface area (Å²) in [5, 5.41) is 14.5. The standard InChI is InChI=1S/C19H19N5O2/c1-13-2-4-14(5-3-13)9-21-19-23-18(11-22-24-19)20-10-15-6-7-16-17(8-15)26-12-25-16/h2-8,11H,9-10,12H2,1H3,(H2,20,21,23,24). The summed E-state index contributed by atoms with van der Waals surface area (Å²) in [5.41, 5.74) is 3.47. The molecule has 2 N–H and O–H groups in total. The van der Waals surface area contributed by atoms with Crippen molar-refractivity contribution < 1.29 is 9.47 Å². The number of hydrogen-bond acceptors (Lipinski definition) is 7. The highest BCUT2D eigenvalue weighted by atomic mass is 16.7. The fourth-order valence-corrected chi connectivity index (χ4v) is 2.59. The number of fused-ring (bicyclic) bond motifs is 1. The zero-order chi connectivity index (χ0) is 17.8. The number of rotatable bonds is 6. The molecule has 1 aliphatic heterocycles. The van der Waals surface area contributed by atoms with E-state index in [0.717, 1.165) is 22.6 Å². The topological polar surface area (TPSA) is 81.2 Å². The molecule has 132 valence electrons. The van der Waals surface area contributed by atoms with Crippen LogP contribution in [0.3, 0.4) is 0 Å².